The van der Waals surface area contributed by atoms with Gasteiger partial charge in [-0.1, -0.05) is 37.0 Å². The molecule has 0 fully saturated rings. The molecular weight excluding hydrogens is 309 g/mol. The summed E-state index contributed by atoms with van der Waals surface area (Å²) in [6.07, 6.45) is 0. The molecule has 0 bridgehead atoms. The van der Waals surface area contributed by atoms with Crippen LogP contribution in [0.2, 0.25) is 10.0 Å². The Morgan fingerprint density at radius 2 is 1.89 bits per heavy atom. The van der Waals surface area contributed by atoms with Crippen molar-refractivity contribution in [2.45, 2.75) is 19.1 Å². The van der Waals surface area contributed by atoms with E-state index in [2.05, 4.69) is 5.32 Å². The molecule has 0 spiro atoms. The maximum absolute atomic E-state index is 11.7. The number of amides is 1. The van der Waals surface area contributed by atoms with Gasteiger partial charge in [0.2, 0.25) is 5.91 Å². The van der Waals surface area contributed by atoms with Crippen LogP contribution >= 0.6 is 35.0 Å². The van der Waals surface area contributed by atoms with Crippen molar-refractivity contribution in [1.82, 2.24) is 0 Å². The van der Waals surface area contributed by atoms with Crippen LogP contribution in [0.3, 0.4) is 0 Å². The molecule has 0 atom stereocenters. The molecule has 0 radical (unpaired) electrons. The number of rotatable bonds is 5. The van der Waals surface area contributed by atoms with Crippen LogP contribution in [0.1, 0.15) is 24.2 Å². The lowest BCUT2D eigenvalue weighted by atomic mass is 10.1. The second kappa shape index (κ2) is 7.03. The van der Waals surface area contributed by atoms with Crippen molar-refractivity contribution in [1.29, 1.82) is 0 Å². The van der Waals surface area contributed by atoms with Gasteiger partial charge in [-0.2, -0.15) is 0 Å². The van der Waals surface area contributed by atoms with Crippen molar-refractivity contribution in [3.8, 4) is 0 Å². The molecule has 0 aliphatic heterocycles. The summed E-state index contributed by atoms with van der Waals surface area (Å²) in [7, 11) is 0. The average molecular weight is 322 g/mol. The highest BCUT2D eigenvalue weighted by molar-refractivity contribution is 8.00. The van der Waals surface area contributed by atoms with E-state index in [4.69, 9.17) is 28.3 Å². The number of carbonyl (C=O) groups is 2. The van der Waals surface area contributed by atoms with Crippen LogP contribution in [-0.4, -0.2) is 28.0 Å². The molecular formula is C12H13Cl2NO3S. The Balaban J connectivity index is 2.97. The number of thioether (sulfide) groups is 1. The Morgan fingerprint density at radius 1 is 1.32 bits per heavy atom. The van der Waals surface area contributed by atoms with Gasteiger partial charge in [0, 0.05) is 0 Å². The van der Waals surface area contributed by atoms with Gasteiger partial charge in [0.05, 0.1) is 21.5 Å². The van der Waals surface area contributed by atoms with Gasteiger partial charge in [-0.15, -0.1) is 11.8 Å². The molecule has 1 amide bonds. The van der Waals surface area contributed by atoms with Gasteiger partial charge in [0.1, 0.15) is 5.56 Å². The van der Waals surface area contributed by atoms with E-state index in [1.54, 1.807) is 0 Å². The number of carbonyl (C=O) groups excluding carboxylic acids is 1. The first kappa shape index (κ1) is 16.1. The Morgan fingerprint density at radius 3 is 2.42 bits per heavy atom. The highest BCUT2D eigenvalue weighted by atomic mass is 35.5. The highest BCUT2D eigenvalue weighted by Gasteiger charge is 2.19. The topological polar surface area (TPSA) is 66.4 Å². The minimum atomic E-state index is -1.24. The van der Waals surface area contributed by atoms with E-state index >= 15 is 0 Å². The van der Waals surface area contributed by atoms with Gasteiger partial charge < -0.3 is 10.4 Å². The zero-order valence-corrected chi connectivity index (χ0v) is 12.7. The molecule has 4 nitrogen and oxygen atoms in total. The minimum Gasteiger partial charge on any atom is -0.478 e. The normalized spacial score (nSPS) is 10.6. The second-order valence-electron chi connectivity index (χ2n) is 3.99. The summed E-state index contributed by atoms with van der Waals surface area (Å²) >= 11 is 13.2. The molecule has 0 aliphatic carbocycles. The molecule has 1 aromatic carbocycles. The third kappa shape index (κ3) is 4.60. The fourth-order valence-corrected chi connectivity index (χ4v) is 2.30. The van der Waals surface area contributed by atoms with Crippen molar-refractivity contribution in [3.05, 3.63) is 27.7 Å². The molecule has 0 heterocycles. The van der Waals surface area contributed by atoms with Crippen molar-refractivity contribution >= 4 is 52.5 Å². The van der Waals surface area contributed by atoms with Crippen LogP contribution < -0.4 is 5.32 Å². The molecule has 0 saturated carbocycles. The van der Waals surface area contributed by atoms with Crippen LogP contribution in [-0.2, 0) is 4.79 Å². The number of halogens is 2. The van der Waals surface area contributed by atoms with Crippen LogP contribution in [0.5, 0.6) is 0 Å². The van der Waals surface area contributed by atoms with Crippen LogP contribution in [0.15, 0.2) is 12.1 Å². The van der Waals surface area contributed by atoms with E-state index in [0.717, 1.165) is 0 Å². The first-order chi connectivity index (χ1) is 8.82. The summed E-state index contributed by atoms with van der Waals surface area (Å²) in [5.41, 5.74) is -0.159. The number of hydrogen-bond acceptors (Lipinski definition) is 3. The fourth-order valence-electron chi connectivity index (χ4n) is 1.30. The lowest BCUT2D eigenvalue weighted by Gasteiger charge is -2.12. The first-order valence-electron chi connectivity index (χ1n) is 5.45. The third-order valence-electron chi connectivity index (χ3n) is 2.13. The molecule has 2 N–H and O–H groups in total. The van der Waals surface area contributed by atoms with E-state index in [-0.39, 0.29) is 33.0 Å². The molecule has 1 aromatic rings. The molecule has 0 unspecified atom stereocenters. The predicted molar refractivity (Wildman–Crippen MR) is 79.6 cm³/mol. The summed E-state index contributed by atoms with van der Waals surface area (Å²) in [6.45, 7) is 3.93. The summed E-state index contributed by atoms with van der Waals surface area (Å²) in [6, 6.07) is 2.83. The molecule has 0 aliphatic rings. The van der Waals surface area contributed by atoms with E-state index in [9.17, 15) is 9.59 Å². The van der Waals surface area contributed by atoms with Crippen LogP contribution in [0.25, 0.3) is 0 Å². The Labute approximate surface area is 125 Å². The van der Waals surface area contributed by atoms with Crippen molar-refractivity contribution in [3.63, 3.8) is 0 Å². The second-order valence-corrected chi connectivity index (χ2v) is 6.37. The predicted octanol–water partition coefficient (Wildman–Crippen LogP) is 3.77. The number of carboxylic acid groups (broad SMARTS) is 1. The fraction of sp³-hybridized carbons (Fsp3) is 0.333. The zero-order valence-electron chi connectivity index (χ0n) is 10.4. The van der Waals surface area contributed by atoms with Gasteiger partial charge in [-0.05, 0) is 17.4 Å². The van der Waals surface area contributed by atoms with Crippen LogP contribution in [0, 0.1) is 0 Å². The standard InChI is InChI=1S/C12H13Cl2NO3S/c1-6(2)19-5-9(16)15-11-8(14)4-3-7(13)10(11)12(17)18/h3-4,6H,5H2,1-2H3,(H,15,16)(H,17,18). The van der Waals surface area contributed by atoms with Gasteiger partial charge in [-0.25, -0.2) is 4.79 Å². The summed E-state index contributed by atoms with van der Waals surface area (Å²) < 4.78 is 0. The van der Waals surface area contributed by atoms with E-state index in [0.29, 0.717) is 5.25 Å². The van der Waals surface area contributed by atoms with Crippen LogP contribution in [0.4, 0.5) is 5.69 Å². The Bertz CT molecular complexity index is 506. The van der Waals surface area contributed by atoms with Gasteiger partial charge in [0.25, 0.3) is 0 Å². The van der Waals surface area contributed by atoms with E-state index < -0.39 is 5.97 Å². The van der Waals surface area contributed by atoms with E-state index in [1.165, 1.54) is 23.9 Å². The summed E-state index contributed by atoms with van der Waals surface area (Å²) in [4.78, 5) is 22.9. The van der Waals surface area contributed by atoms with Gasteiger partial charge >= 0.3 is 5.97 Å². The maximum Gasteiger partial charge on any atom is 0.339 e. The molecule has 1 rings (SSSR count). The van der Waals surface area contributed by atoms with Gasteiger partial charge in [0.15, 0.2) is 0 Å². The number of benzene rings is 1. The Hall–Kier alpha value is -0.910. The Kier molecular flexibility index (Phi) is 5.97. The highest BCUT2D eigenvalue weighted by Crippen LogP contribution is 2.32. The first-order valence-corrected chi connectivity index (χ1v) is 7.26. The molecule has 7 heteroatoms. The largest absolute Gasteiger partial charge is 0.478 e. The third-order valence-corrected chi connectivity index (χ3v) is 3.86. The molecule has 19 heavy (non-hydrogen) atoms. The number of hydrogen-bond donors (Lipinski definition) is 2. The number of carboxylic acids is 1. The number of aromatic carboxylic acids is 1. The van der Waals surface area contributed by atoms with Crippen molar-refractivity contribution < 1.29 is 14.7 Å². The lowest BCUT2D eigenvalue weighted by molar-refractivity contribution is -0.113. The van der Waals surface area contributed by atoms with E-state index in [1.807, 2.05) is 13.8 Å². The smallest absolute Gasteiger partial charge is 0.339 e. The SMILES string of the molecule is CC(C)SCC(=O)Nc1c(Cl)ccc(Cl)c1C(=O)O. The lowest BCUT2D eigenvalue weighted by Crippen LogP contribution is -2.18. The van der Waals surface area contributed by atoms with Crippen molar-refractivity contribution in [2.24, 2.45) is 0 Å². The summed E-state index contributed by atoms with van der Waals surface area (Å²) in [5.74, 6) is -1.33. The number of anilines is 1. The monoisotopic (exact) mass is 321 g/mol. The maximum atomic E-state index is 11.7. The summed E-state index contributed by atoms with van der Waals surface area (Å²) in [5, 5.41) is 12.1. The zero-order chi connectivity index (χ0) is 14.6. The number of nitrogens with one attached hydrogen (secondary N) is 1. The van der Waals surface area contributed by atoms with Crippen molar-refractivity contribution in [2.75, 3.05) is 11.1 Å². The minimum absolute atomic E-state index is 0.0312. The average Bonchev–Trinajstić information content (AvgIpc) is 2.31. The molecule has 104 valence electrons. The quantitative estimate of drug-likeness (QED) is 0.866. The molecule has 0 saturated heterocycles. The van der Waals surface area contributed by atoms with Gasteiger partial charge in [-0.3, -0.25) is 4.79 Å². The molecule has 0 aromatic heterocycles.